The number of carboxylic acids is 1. The SMILES string of the molecule is COC(C[C@@H]1CC[C@@H](C)[C@](O)(C(=O)C(=O)N2CCCC[C@H]2C(=O)[O-])O1)/C(C)=C/C=C/C=C/[C@@H](C)C[C@@H](C)C(=O)[C@H](OC)[C@H](O)/C(C)=C/[C@@H](C)C(=O)C=C[C@H](C)C[C@@H]1CC[C@@H](O)[C@H](OC)C1.[Na+]. The average molecular weight is 936 g/mol. The van der Waals surface area contributed by atoms with Gasteiger partial charge in [-0.1, -0.05) is 77.2 Å². The molecule has 2 saturated heterocycles. The number of Topliss-reactive ketones (excluding diaryl/α,β-unsaturated/α-hetero) is 2. The van der Waals surface area contributed by atoms with Crippen LogP contribution in [0.3, 0.4) is 0 Å². The second-order valence-corrected chi connectivity index (χ2v) is 19.0. The van der Waals surface area contributed by atoms with Gasteiger partial charge in [0.25, 0.3) is 11.7 Å². The molecule has 14 nitrogen and oxygen atoms in total. The van der Waals surface area contributed by atoms with Gasteiger partial charge in [0.15, 0.2) is 11.6 Å². The summed E-state index contributed by atoms with van der Waals surface area (Å²) in [7, 11) is 4.57. The average Bonchev–Trinajstić information content (AvgIpc) is 3.28. The first-order chi connectivity index (χ1) is 30.7. The number of ether oxygens (including phenoxy) is 4. The van der Waals surface area contributed by atoms with Gasteiger partial charge in [-0.3, -0.25) is 19.2 Å². The minimum absolute atomic E-state index is 0. The summed E-state index contributed by atoms with van der Waals surface area (Å²) in [5, 5.41) is 44.4. The van der Waals surface area contributed by atoms with Gasteiger partial charge in [0.1, 0.15) is 12.2 Å². The molecule has 15 heteroatoms. The first-order valence-electron chi connectivity index (χ1n) is 23.5. The zero-order valence-corrected chi connectivity index (χ0v) is 43.5. The monoisotopic (exact) mass is 936 g/mol. The van der Waals surface area contributed by atoms with Crippen LogP contribution in [0.15, 0.2) is 59.8 Å². The van der Waals surface area contributed by atoms with E-state index in [0.29, 0.717) is 56.4 Å². The van der Waals surface area contributed by atoms with E-state index in [9.17, 15) is 44.4 Å². The number of piperidine rings is 1. The summed E-state index contributed by atoms with van der Waals surface area (Å²) in [5.74, 6) is -7.43. The van der Waals surface area contributed by atoms with Crippen LogP contribution in [0.25, 0.3) is 0 Å². The summed E-state index contributed by atoms with van der Waals surface area (Å²) in [4.78, 5) is 65.8. The largest absolute Gasteiger partial charge is 1.00 e. The van der Waals surface area contributed by atoms with E-state index in [1.807, 2.05) is 57.2 Å². The fraction of sp³-hybridized carbons (Fsp3) is 0.706. The summed E-state index contributed by atoms with van der Waals surface area (Å²) in [6.07, 6.45) is 17.1. The molecular weight excluding hydrogens is 858 g/mol. The van der Waals surface area contributed by atoms with Crippen LogP contribution in [0.1, 0.15) is 119 Å². The maximum atomic E-state index is 13.5. The molecule has 3 fully saturated rings. The number of hydrogen-bond donors (Lipinski definition) is 3. The van der Waals surface area contributed by atoms with Gasteiger partial charge in [-0.25, -0.2) is 0 Å². The molecule has 1 unspecified atom stereocenters. The Morgan fingerprint density at radius 1 is 0.879 bits per heavy atom. The molecule has 0 aromatic heterocycles. The Morgan fingerprint density at radius 2 is 1.58 bits per heavy atom. The molecule has 1 saturated carbocycles. The molecule has 2 aliphatic heterocycles. The van der Waals surface area contributed by atoms with Crippen LogP contribution in [-0.4, -0.2) is 126 Å². The Bertz CT molecular complexity index is 1760. The number of carbonyl (C=O) groups is 5. The molecule has 366 valence electrons. The Hall–Kier alpha value is -2.63. The van der Waals surface area contributed by atoms with E-state index in [0.717, 1.165) is 29.7 Å². The third-order valence-electron chi connectivity index (χ3n) is 13.7. The van der Waals surface area contributed by atoms with Crippen LogP contribution < -0.4 is 34.7 Å². The topological polar surface area (TPSA) is 209 Å². The fourth-order valence-electron chi connectivity index (χ4n) is 9.47. The first-order valence-corrected chi connectivity index (χ1v) is 23.5. The molecule has 0 aromatic carbocycles. The Balaban J connectivity index is 0.0000150. The van der Waals surface area contributed by atoms with Crippen molar-refractivity contribution < 1.29 is 92.9 Å². The Labute approximate surface area is 415 Å². The molecule has 0 spiro atoms. The van der Waals surface area contributed by atoms with E-state index < -0.39 is 77.8 Å². The van der Waals surface area contributed by atoms with Gasteiger partial charge in [-0.15, -0.1) is 0 Å². The van der Waals surface area contributed by atoms with E-state index in [-0.39, 0.29) is 72.0 Å². The van der Waals surface area contributed by atoms with Crippen LogP contribution >= 0.6 is 0 Å². The van der Waals surface area contributed by atoms with Crippen LogP contribution in [0.2, 0.25) is 0 Å². The predicted molar refractivity (Wildman–Crippen MR) is 245 cm³/mol. The number of aliphatic carboxylic acids is 1. The summed E-state index contributed by atoms with van der Waals surface area (Å²) in [6, 6.07) is -1.23. The quantitative estimate of drug-likeness (QED) is 0.0418. The second kappa shape index (κ2) is 28.8. The molecule has 3 rings (SSSR count). The number of carboxylic acid groups (broad SMARTS) is 1. The smallest absolute Gasteiger partial charge is 0.548 e. The summed E-state index contributed by atoms with van der Waals surface area (Å²) < 4.78 is 22.6. The fourth-order valence-corrected chi connectivity index (χ4v) is 9.47. The molecule has 2 heterocycles. The van der Waals surface area contributed by atoms with Crippen molar-refractivity contribution in [3.63, 3.8) is 0 Å². The number of aliphatic hydroxyl groups is 3. The van der Waals surface area contributed by atoms with Gasteiger partial charge in [0.2, 0.25) is 5.79 Å². The van der Waals surface area contributed by atoms with Crippen LogP contribution in [0.5, 0.6) is 0 Å². The van der Waals surface area contributed by atoms with E-state index in [1.54, 1.807) is 47.1 Å². The Morgan fingerprint density at radius 3 is 2.21 bits per heavy atom. The van der Waals surface area contributed by atoms with Gasteiger partial charge in [-0.2, -0.15) is 0 Å². The van der Waals surface area contributed by atoms with Crippen LogP contribution in [0.4, 0.5) is 0 Å². The van der Waals surface area contributed by atoms with E-state index in [4.69, 9.17) is 18.9 Å². The van der Waals surface area contributed by atoms with Crippen molar-refractivity contribution in [3.05, 3.63) is 59.8 Å². The third kappa shape index (κ3) is 17.1. The molecule has 66 heavy (non-hydrogen) atoms. The number of aliphatic hydroxyl groups excluding tert-OH is 2. The van der Waals surface area contributed by atoms with E-state index >= 15 is 0 Å². The molecular formula is C51H78NNaO13. The number of hydrogen-bond acceptors (Lipinski definition) is 13. The molecule has 3 aliphatic rings. The number of amides is 1. The summed E-state index contributed by atoms with van der Waals surface area (Å²) in [6.45, 7) is 12.9. The number of allylic oxidation sites excluding steroid dienone is 8. The van der Waals surface area contributed by atoms with E-state index in [2.05, 4.69) is 6.92 Å². The van der Waals surface area contributed by atoms with Crippen molar-refractivity contribution in [1.82, 2.24) is 4.90 Å². The first kappa shape index (κ1) is 59.5. The molecule has 1 aliphatic carbocycles. The summed E-state index contributed by atoms with van der Waals surface area (Å²) >= 11 is 0. The normalized spacial score (nSPS) is 28.9. The van der Waals surface area contributed by atoms with Gasteiger partial charge < -0.3 is 49.1 Å². The number of rotatable bonds is 24. The number of nitrogens with zero attached hydrogens (tertiary/aromatic N) is 1. The van der Waals surface area contributed by atoms with Crippen LogP contribution in [-0.2, 0) is 42.9 Å². The van der Waals surface area contributed by atoms with Crippen molar-refractivity contribution in [3.8, 4) is 0 Å². The third-order valence-corrected chi connectivity index (χ3v) is 13.7. The minimum Gasteiger partial charge on any atom is -0.548 e. The molecule has 14 atom stereocenters. The van der Waals surface area contributed by atoms with Crippen molar-refractivity contribution >= 4 is 29.2 Å². The number of ketones is 3. The van der Waals surface area contributed by atoms with Crippen molar-refractivity contribution in [1.29, 1.82) is 0 Å². The van der Waals surface area contributed by atoms with Gasteiger partial charge >= 0.3 is 29.6 Å². The van der Waals surface area contributed by atoms with Gasteiger partial charge in [-0.05, 0) is 113 Å². The molecule has 0 radical (unpaired) electrons. The zero-order valence-electron chi connectivity index (χ0n) is 41.5. The minimum atomic E-state index is -2.40. The van der Waals surface area contributed by atoms with E-state index in [1.165, 1.54) is 7.11 Å². The number of carbonyl (C=O) groups excluding carboxylic acids is 5. The zero-order chi connectivity index (χ0) is 48.6. The van der Waals surface area contributed by atoms with Gasteiger partial charge in [0.05, 0.1) is 36.4 Å². The maximum Gasteiger partial charge on any atom is 1.00 e. The Kier molecular flexibility index (Phi) is 25.9. The standard InChI is InChI=1S/C51H79NO13.Na/c1-31(26-35(5)45(55)47(64-10)46(56)36(6)28-34(4)41(53)23-19-32(2)27-38-21-24-42(54)44(29-38)63-9)16-12-11-13-17-33(3)43(62-8)30-39-22-20-37(7)51(61,65-39)48(57)49(58)52-25-15-14-18-40(52)50(59)60;/h11-13,16-17,19,23,28,31-32,34-35,37-40,42-44,46-47,54,56,61H,14-15,18,20-22,24-27,29-30H2,1-10H3,(H,59,60);/q;+1/p-1/b13-11+,16-12+,23-19?,33-17+,36-28+;/t31-,32+,34-,35-,37-,38+,39+,40+,42-,43?,44-,46-,47+,51-;/m1./s1. The molecule has 1 amide bonds. The number of methoxy groups -OCH3 is 3. The van der Waals surface area contributed by atoms with Crippen molar-refractivity contribution in [2.24, 2.45) is 35.5 Å². The second-order valence-electron chi connectivity index (χ2n) is 19.0. The van der Waals surface area contributed by atoms with Crippen molar-refractivity contribution in [2.45, 2.75) is 168 Å². The number of likely N-dealkylation sites (tertiary alicyclic amines) is 1. The molecule has 0 aromatic rings. The molecule has 3 N–H and O–H groups in total. The summed E-state index contributed by atoms with van der Waals surface area (Å²) in [5.41, 5.74) is 1.34. The van der Waals surface area contributed by atoms with Gasteiger partial charge in [0, 0.05) is 52.0 Å². The van der Waals surface area contributed by atoms with Crippen LogP contribution in [0, 0.1) is 35.5 Å². The van der Waals surface area contributed by atoms with Crippen molar-refractivity contribution in [2.75, 3.05) is 27.9 Å². The maximum absolute atomic E-state index is 13.5. The predicted octanol–water partition coefficient (Wildman–Crippen LogP) is 2.18. The molecule has 0 bridgehead atoms.